The van der Waals surface area contributed by atoms with E-state index in [2.05, 4.69) is 30.9 Å². The molecule has 0 amide bonds. The lowest BCUT2D eigenvalue weighted by Gasteiger charge is -2.17. The van der Waals surface area contributed by atoms with E-state index in [0.717, 1.165) is 31.0 Å². The number of nitrogens with two attached hydrogens (primary N) is 1. The molecule has 0 bridgehead atoms. The summed E-state index contributed by atoms with van der Waals surface area (Å²) in [7, 11) is 0. The number of fused-ring (bicyclic) bond motifs is 1. The third kappa shape index (κ3) is 2.40. The van der Waals surface area contributed by atoms with Crippen LogP contribution in [0.15, 0.2) is 28.7 Å². The van der Waals surface area contributed by atoms with Gasteiger partial charge in [-0.15, -0.1) is 0 Å². The predicted octanol–water partition coefficient (Wildman–Crippen LogP) is 2.91. The highest BCUT2D eigenvalue weighted by Crippen LogP contribution is 2.28. The van der Waals surface area contributed by atoms with E-state index < -0.39 is 0 Å². The molecule has 1 aromatic heterocycles. The number of para-hydroxylation sites is 1. The van der Waals surface area contributed by atoms with Crippen LogP contribution in [0.2, 0.25) is 0 Å². The summed E-state index contributed by atoms with van der Waals surface area (Å²) < 4.78 is 5.83. The van der Waals surface area contributed by atoms with Gasteiger partial charge in [-0.1, -0.05) is 18.2 Å². The van der Waals surface area contributed by atoms with Gasteiger partial charge in [0.1, 0.15) is 11.3 Å². The average Bonchev–Trinajstić information content (AvgIpc) is 2.96. The minimum Gasteiger partial charge on any atom is -0.461 e. The molecular weight excluding hydrogens is 236 g/mol. The molecule has 2 atom stereocenters. The molecule has 3 rings (SSSR count). The molecule has 1 saturated heterocycles. The topological polar surface area (TPSA) is 42.4 Å². The van der Waals surface area contributed by atoms with Crippen LogP contribution in [0.1, 0.15) is 24.7 Å². The Morgan fingerprint density at radius 2 is 2.21 bits per heavy atom. The van der Waals surface area contributed by atoms with E-state index in [1.54, 1.807) is 0 Å². The van der Waals surface area contributed by atoms with Gasteiger partial charge in [-0.3, -0.25) is 4.90 Å². The molecule has 3 heteroatoms. The third-order valence-corrected chi connectivity index (χ3v) is 4.33. The molecule has 0 spiro atoms. The largest absolute Gasteiger partial charge is 0.461 e. The maximum absolute atomic E-state index is 6.01. The summed E-state index contributed by atoms with van der Waals surface area (Å²) in [5.74, 6) is 1.68. The van der Waals surface area contributed by atoms with Crippen LogP contribution < -0.4 is 5.73 Å². The molecule has 2 heterocycles. The van der Waals surface area contributed by atoms with Crippen molar-refractivity contribution in [2.75, 3.05) is 13.1 Å². The summed E-state index contributed by atoms with van der Waals surface area (Å²) in [5, 5.41) is 1.25. The molecule has 0 radical (unpaired) electrons. The van der Waals surface area contributed by atoms with Crippen LogP contribution in [0.3, 0.4) is 0 Å². The number of rotatable bonds is 3. The fourth-order valence-electron chi connectivity index (χ4n) is 3.08. The lowest BCUT2D eigenvalue weighted by molar-refractivity contribution is 0.307. The standard InChI is InChI=1S/C16H22N2O/c1-11(17)13-7-8-18(9-13)10-15-12(2)19-16-6-4-3-5-14(15)16/h3-6,11,13H,7-10,17H2,1-2H3. The Morgan fingerprint density at radius 3 is 2.95 bits per heavy atom. The predicted molar refractivity (Wildman–Crippen MR) is 78.0 cm³/mol. The highest BCUT2D eigenvalue weighted by Gasteiger charge is 2.26. The molecule has 2 aromatic rings. The molecule has 1 aliphatic heterocycles. The number of hydrogen-bond donors (Lipinski definition) is 1. The van der Waals surface area contributed by atoms with Gasteiger partial charge in [-0.05, 0) is 38.8 Å². The van der Waals surface area contributed by atoms with Crippen molar-refractivity contribution in [2.24, 2.45) is 11.7 Å². The van der Waals surface area contributed by atoms with Crippen LogP contribution >= 0.6 is 0 Å². The van der Waals surface area contributed by atoms with Crippen LogP contribution in [-0.2, 0) is 6.54 Å². The minimum absolute atomic E-state index is 0.298. The SMILES string of the molecule is Cc1oc2ccccc2c1CN1CCC(C(C)N)C1. The van der Waals surface area contributed by atoms with Crippen molar-refractivity contribution in [3.8, 4) is 0 Å². The first-order valence-electron chi connectivity index (χ1n) is 7.10. The second-order valence-electron chi connectivity index (χ2n) is 5.78. The van der Waals surface area contributed by atoms with Crippen molar-refractivity contribution in [1.29, 1.82) is 0 Å². The summed E-state index contributed by atoms with van der Waals surface area (Å²) in [5.41, 5.74) is 8.34. The zero-order chi connectivity index (χ0) is 13.4. The number of nitrogens with zero attached hydrogens (tertiary/aromatic N) is 1. The smallest absolute Gasteiger partial charge is 0.134 e. The quantitative estimate of drug-likeness (QED) is 0.920. The fourth-order valence-corrected chi connectivity index (χ4v) is 3.08. The van der Waals surface area contributed by atoms with Gasteiger partial charge in [0, 0.05) is 30.1 Å². The highest BCUT2D eigenvalue weighted by molar-refractivity contribution is 5.82. The van der Waals surface area contributed by atoms with Gasteiger partial charge in [0.2, 0.25) is 0 Å². The lowest BCUT2D eigenvalue weighted by atomic mass is 10.0. The first-order valence-corrected chi connectivity index (χ1v) is 7.10. The van der Waals surface area contributed by atoms with E-state index >= 15 is 0 Å². The van der Waals surface area contributed by atoms with Crippen LogP contribution in [0.25, 0.3) is 11.0 Å². The van der Waals surface area contributed by atoms with E-state index in [1.807, 2.05) is 12.1 Å². The number of benzene rings is 1. The van der Waals surface area contributed by atoms with Crippen LogP contribution in [-0.4, -0.2) is 24.0 Å². The van der Waals surface area contributed by atoms with Crippen molar-refractivity contribution in [3.05, 3.63) is 35.6 Å². The van der Waals surface area contributed by atoms with Gasteiger partial charge >= 0.3 is 0 Å². The maximum atomic E-state index is 6.01. The van der Waals surface area contributed by atoms with Crippen molar-refractivity contribution >= 4 is 11.0 Å². The number of likely N-dealkylation sites (tertiary alicyclic amines) is 1. The van der Waals surface area contributed by atoms with Crippen molar-refractivity contribution in [3.63, 3.8) is 0 Å². The Hall–Kier alpha value is -1.32. The Morgan fingerprint density at radius 1 is 1.42 bits per heavy atom. The second kappa shape index (κ2) is 4.99. The van der Waals surface area contributed by atoms with E-state index in [9.17, 15) is 0 Å². The zero-order valence-corrected chi connectivity index (χ0v) is 11.7. The van der Waals surface area contributed by atoms with Gasteiger partial charge in [0.05, 0.1) is 0 Å². The van der Waals surface area contributed by atoms with Crippen molar-refractivity contribution in [1.82, 2.24) is 4.90 Å². The van der Waals surface area contributed by atoms with E-state index in [-0.39, 0.29) is 0 Å². The molecular formula is C16H22N2O. The number of furan rings is 1. The molecule has 1 aromatic carbocycles. The molecule has 2 unspecified atom stereocenters. The molecule has 1 fully saturated rings. The zero-order valence-electron chi connectivity index (χ0n) is 11.7. The molecule has 0 aliphatic carbocycles. The summed E-state index contributed by atoms with van der Waals surface area (Å²) in [6.45, 7) is 7.41. The van der Waals surface area contributed by atoms with E-state index in [4.69, 9.17) is 10.2 Å². The number of aryl methyl sites for hydroxylation is 1. The van der Waals surface area contributed by atoms with Gasteiger partial charge in [0.15, 0.2) is 0 Å². The summed E-state index contributed by atoms with van der Waals surface area (Å²) in [6, 6.07) is 8.60. The van der Waals surface area contributed by atoms with Gasteiger partial charge in [-0.2, -0.15) is 0 Å². The number of hydrogen-bond acceptors (Lipinski definition) is 3. The summed E-state index contributed by atoms with van der Waals surface area (Å²) in [4.78, 5) is 2.50. The molecule has 19 heavy (non-hydrogen) atoms. The summed E-state index contributed by atoms with van der Waals surface area (Å²) in [6.07, 6.45) is 1.21. The first-order chi connectivity index (χ1) is 9.15. The maximum Gasteiger partial charge on any atom is 0.134 e. The van der Waals surface area contributed by atoms with E-state index in [1.165, 1.54) is 17.4 Å². The Labute approximate surface area is 114 Å². The van der Waals surface area contributed by atoms with Gasteiger partial charge < -0.3 is 10.2 Å². The Balaban J connectivity index is 1.81. The molecule has 0 saturated carbocycles. The normalized spacial score (nSPS) is 22.2. The van der Waals surface area contributed by atoms with Gasteiger partial charge in [-0.25, -0.2) is 0 Å². The first kappa shape index (κ1) is 12.7. The van der Waals surface area contributed by atoms with Gasteiger partial charge in [0.25, 0.3) is 0 Å². The lowest BCUT2D eigenvalue weighted by Crippen LogP contribution is -2.29. The second-order valence-corrected chi connectivity index (χ2v) is 5.78. The Kier molecular flexibility index (Phi) is 3.33. The van der Waals surface area contributed by atoms with Crippen LogP contribution in [0, 0.1) is 12.8 Å². The molecule has 102 valence electrons. The van der Waals surface area contributed by atoms with Crippen LogP contribution in [0.5, 0.6) is 0 Å². The molecule has 1 aliphatic rings. The average molecular weight is 258 g/mol. The molecule has 2 N–H and O–H groups in total. The van der Waals surface area contributed by atoms with E-state index in [0.29, 0.717) is 12.0 Å². The molecule has 3 nitrogen and oxygen atoms in total. The van der Waals surface area contributed by atoms with Crippen molar-refractivity contribution in [2.45, 2.75) is 32.9 Å². The van der Waals surface area contributed by atoms with Crippen molar-refractivity contribution < 1.29 is 4.42 Å². The fraction of sp³-hybridized carbons (Fsp3) is 0.500. The monoisotopic (exact) mass is 258 g/mol. The highest BCUT2D eigenvalue weighted by atomic mass is 16.3. The third-order valence-electron chi connectivity index (χ3n) is 4.33. The minimum atomic E-state index is 0.298. The summed E-state index contributed by atoms with van der Waals surface area (Å²) >= 11 is 0. The Bertz CT molecular complexity index is 573. The van der Waals surface area contributed by atoms with Crippen LogP contribution in [0.4, 0.5) is 0 Å².